The van der Waals surface area contributed by atoms with Crippen molar-refractivity contribution in [2.45, 2.75) is 26.0 Å². The zero-order valence-electron chi connectivity index (χ0n) is 12.9. The molecule has 1 unspecified atom stereocenters. The molecule has 1 fully saturated rings. The molecule has 0 bridgehead atoms. The lowest BCUT2D eigenvalue weighted by Crippen LogP contribution is -2.47. The van der Waals surface area contributed by atoms with Crippen LogP contribution in [-0.4, -0.2) is 55.7 Å². The first kappa shape index (κ1) is 15.3. The van der Waals surface area contributed by atoms with Gasteiger partial charge in [-0.25, -0.2) is 0 Å². The summed E-state index contributed by atoms with van der Waals surface area (Å²) >= 11 is 0. The van der Waals surface area contributed by atoms with Crippen LogP contribution in [-0.2, 0) is 0 Å². The number of nitrogens with two attached hydrogens (primary N) is 1. The van der Waals surface area contributed by atoms with E-state index >= 15 is 0 Å². The van der Waals surface area contributed by atoms with Crippen LogP contribution in [0.2, 0.25) is 0 Å². The molecule has 1 aliphatic rings. The van der Waals surface area contributed by atoms with Gasteiger partial charge in [0.25, 0.3) is 0 Å². The second kappa shape index (κ2) is 7.07. The van der Waals surface area contributed by atoms with Crippen molar-refractivity contribution in [3.8, 4) is 5.75 Å². The van der Waals surface area contributed by atoms with Crippen LogP contribution in [0.15, 0.2) is 24.3 Å². The zero-order valence-corrected chi connectivity index (χ0v) is 12.9. The molecular formula is C16H27N3O. The summed E-state index contributed by atoms with van der Waals surface area (Å²) in [5.74, 6) is 0.969. The number of para-hydroxylation sites is 1. The van der Waals surface area contributed by atoms with Gasteiger partial charge in [0.15, 0.2) is 0 Å². The second-order valence-electron chi connectivity index (χ2n) is 5.80. The minimum atomic E-state index is 0.182. The van der Waals surface area contributed by atoms with Crippen LogP contribution in [0, 0.1) is 0 Å². The standard InChI is InChI=1S/C16H27N3O/c1-13(2)20-16-7-5-4-6-14(16)15(12-17)19-10-8-18(3)9-11-19/h4-7,13,15H,8-12,17H2,1-3H3. The first-order valence-corrected chi connectivity index (χ1v) is 7.50. The van der Waals surface area contributed by atoms with Crippen molar-refractivity contribution >= 4 is 0 Å². The fourth-order valence-corrected chi connectivity index (χ4v) is 2.72. The molecule has 0 radical (unpaired) electrons. The molecule has 0 amide bonds. The van der Waals surface area contributed by atoms with E-state index in [1.165, 1.54) is 5.56 Å². The van der Waals surface area contributed by atoms with E-state index in [1.807, 2.05) is 12.1 Å². The highest BCUT2D eigenvalue weighted by Crippen LogP contribution is 2.30. The number of piperazine rings is 1. The molecule has 1 aliphatic heterocycles. The molecule has 4 heteroatoms. The maximum atomic E-state index is 6.06. The molecule has 0 spiro atoms. The largest absolute Gasteiger partial charge is 0.491 e. The van der Waals surface area contributed by atoms with Gasteiger partial charge in [-0.1, -0.05) is 18.2 Å². The average molecular weight is 277 g/mol. The van der Waals surface area contributed by atoms with E-state index in [-0.39, 0.29) is 12.1 Å². The molecule has 1 atom stereocenters. The number of nitrogens with zero attached hydrogens (tertiary/aromatic N) is 2. The number of likely N-dealkylation sites (N-methyl/N-ethyl adjacent to an activating group) is 1. The maximum Gasteiger partial charge on any atom is 0.124 e. The van der Waals surface area contributed by atoms with Gasteiger partial charge in [0.2, 0.25) is 0 Å². The summed E-state index contributed by atoms with van der Waals surface area (Å²) in [4.78, 5) is 4.84. The van der Waals surface area contributed by atoms with Crippen LogP contribution in [0.3, 0.4) is 0 Å². The molecule has 112 valence electrons. The zero-order chi connectivity index (χ0) is 14.5. The Morgan fingerprint density at radius 3 is 2.40 bits per heavy atom. The smallest absolute Gasteiger partial charge is 0.124 e. The van der Waals surface area contributed by atoms with Gasteiger partial charge in [0.05, 0.1) is 12.1 Å². The minimum Gasteiger partial charge on any atom is -0.491 e. The quantitative estimate of drug-likeness (QED) is 0.890. The summed E-state index contributed by atoms with van der Waals surface area (Å²) in [6, 6.07) is 8.54. The third kappa shape index (κ3) is 3.72. The fraction of sp³-hybridized carbons (Fsp3) is 0.625. The van der Waals surface area contributed by atoms with Crippen molar-refractivity contribution in [1.29, 1.82) is 0 Å². The van der Waals surface area contributed by atoms with Gasteiger partial charge < -0.3 is 15.4 Å². The maximum absolute atomic E-state index is 6.06. The Morgan fingerprint density at radius 1 is 1.15 bits per heavy atom. The van der Waals surface area contributed by atoms with Crippen LogP contribution in [0.5, 0.6) is 5.75 Å². The molecule has 1 aromatic carbocycles. The third-order valence-electron chi connectivity index (χ3n) is 3.84. The molecule has 4 nitrogen and oxygen atoms in total. The van der Waals surface area contributed by atoms with Gasteiger partial charge in [0, 0.05) is 38.3 Å². The first-order valence-electron chi connectivity index (χ1n) is 7.50. The van der Waals surface area contributed by atoms with Crippen molar-refractivity contribution in [2.75, 3.05) is 39.8 Å². The molecular weight excluding hydrogens is 250 g/mol. The van der Waals surface area contributed by atoms with Crippen molar-refractivity contribution in [1.82, 2.24) is 9.80 Å². The van der Waals surface area contributed by atoms with Crippen LogP contribution in [0.4, 0.5) is 0 Å². The second-order valence-corrected chi connectivity index (χ2v) is 5.80. The van der Waals surface area contributed by atoms with Crippen LogP contribution < -0.4 is 10.5 Å². The SMILES string of the molecule is CC(C)Oc1ccccc1C(CN)N1CCN(C)CC1. The Kier molecular flexibility index (Phi) is 5.40. The third-order valence-corrected chi connectivity index (χ3v) is 3.84. The van der Waals surface area contributed by atoms with Crippen molar-refractivity contribution in [2.24, 2.45) is 5.73 Å². The van der Waals surface area contributed by atoms with Gasteiger partial charge in [-0.15, -0.1) is 0 Å². The predicted octanol–water partition coefficient (Wildman–Crippen LogP) is 1.72. The molecule has 2 N–H and O–H groups in total. The average Bonchev–Trinajstić information content (AvgIpc) is 2.43. The van der Waals surface area contributed by atoms with E-state index in [0.717, 1.165) is 31.9 Å². The van der Waals surface area contributed by atoms with Crippen molar-refractivity contribution in [3.05, 3.63) is 29.8 Å². The Morgan fingerprint density at radius 2 is 1.80 bits per heavy atom. The summed E-state index contributed by atoms with van der Waals surface area (Å²) in [6.45, 7) is 9.08. The molecule has 0 aromatic heterocycles. The van der Waals surface area contributed by atoms with Crippen LogP contribution in [0.25, 0.3) is 0 Å². The van der Waals surface area contributed by atoms with Crippen LogP contribution in [0.1, 0.15) is 25.5 Å². The van der Waals surface area contributed by atoms with Gasteiger partial charge >= 0.3 is 0 Å². The normalized spacial score (nSPS) is 19.2. The minimum absolute atomic E-state index is 0.182. The number of benzene rings is 1. The van der Waals surface area contributed by atoms with Crippen molar-refractivity contribution < 1.29 is 4.74 Å². The Balaban J connectivity index is 2.18. The number of hydrogen-bond acceptors (Lipinski definition) is 4. The summed E-state index contributed by atoms with van der Waals surface area (Å²) in [5, 5.41) is 0. The molecule has 1 heterocycles. The molecule has 0 aliphatic carbocycles. The van der Waals surface area contributed by atoms with Gasteiger partial charge in [0.1, 0.15) is 5.75 Å². The summed E-state index contributed by atoms with van der Waals surface area (Å²) in [5.41, 5.74) is 7.28. The number of rotatable bonds is 5. The lowest BCUT2D eigenvalue weighted by Gasteiger charge is -2.38. The fourth-order valence-electron chi connectivity index (χ4n) is 2.72. The molecule has 2 rings (SSSR count). The predicted molar refractivity (Wildman–Crippen MR) is 83.1 cm³/mol. The van der Waals surface area contributed by atoms with Gasteiger partial charge in [-0.05, 0) is 27.0 Å². The van der Waals surface area contributed by atoms with E-state index < -0.39 is 0 Å². The molecule has 0 saturated carbocycles. The Labute approximate surface area is 122 Å². The summed E-state index contributed by atoms with van der Waals surface area (Å²) < 4.78 is 5.95. The Hall–Kier alpha value is -1.10. The van der Waals surface area contributed by atoms with E-state index in [1.54, 1.807) is 0 Å². The van der Waals surface area contributed by atoms with Gasteiger partial charge in [-0.3, -0.25) is 4.90 Å². The molecule has 20 heavy (non-hydrogen) atoms. The Bertz CT molecular complexity index is 414. The number of ether oxygens (including phenoxy) is 1. The highest BCUT2D eigenvalue weighted by atomic mass is 16.5. The number of hydrogen-bond donors (Lipinski definition) is 1. The monoisotopic (exact) mass is 277 g/mol. The summed E-state index contributed by atoms with van der Waals surface area (Å²) in [6.07, 6.45) is 0.182. The van der Waals surface area contributed by atoms with E-state index in [9.17, 15) is 0 Å². The van der Waals surface area contributed by atoms with Gasteiger partial charge in [-0.2, -0.15) is 0 Å². The van der Waals surface area contributed by atoms with E-state index in [0.29, 0.717) is 6.54 Å². The molecule has 1 aromatic rings. The lowest BCUT2D eigenvalue weighted by atomic mass is 10.0. The first-order chi connectivity index (χ1) is 9.61. The van der Waals surface area contributed by atoms with E-state index in [2.05, 4.69) is 42.8 Å². The van der Waals surface area contributed by atoms with Crippen LogP contribution >= 0.6 is 0 Å². The van der Waals surface area contributed by atoms with Crippen molar-refractivity contribution in [3.63, 3.8) is 0 Å². The molecule has 1 saturated heterocycles. The highest BCUT2D eigenvalue weighted by molar-refractivity contribution is 5.36. The van der Waals surface area contributed by atoms with E-state index in [4.69, 9.17) is 10.5 Å². The highest BCUT2D eigenvalue weighted by Gasteiger charge is 2.25. The topological polar surface area (TPSA) is 41.7 Å². The lowest BCUT2D eigenvalue weighted by molar-refractivity contribution is 0.111. The summed E-state index contributed by atoms with van der Waals surface area (Å²) in [7, 11) is 2.17.